The summed E-state index contributed by atoms with van der Waals surface area (Å²) in [6, 6.07) is 19.5. The summed E-state index contributed by atoms with van der Waals surface area (Å²) in [5, 5.41) is 4.55. The molecule has 1 aromatic heterocycles. The summed E-state index contributed by atoms with van der Waals surface area (Å²) in [7, 11) is 0. The van der Waals surface area contributed by atoms with E-state index >= 15 is 0 Å². The minimum atomic E-state index is 0.158. The van der Waals surface area contributed by atoms with Crippen LogP contribution in [0, 0.1) is 5.41 Å². The molecular formula is C28H35N3O. The van der Waals surface area contributed by atoms with Gasteiger partial charge in [-0.3, -0.25) is 9.69 Å². The molecule has 168 valence electrons. The molecule has 0 saturated carbocycles. The number of rotatable bonds is 7. The summed E-state index contributed by atoms with van der Waals surface area (Å²) in [6.45, 7) is 5.34. The van der Waals surface area contributed by atoms with Gasteiger partial charge in [0.1, 0.15) is 0 Å². The average Bonchev–Trinajstić information content (AvgIpc) is 3.22. The number of para-hydroxylation sites is 1. The van der Waals surface area contributed by atoms with Crippen LogP contribution in [0.4, 0.5) is 0 Å². The van der Waals surface area contributed by atoms with Crippen molar-refractivity contribution < 1.29 is 4.79 Å². The Morgan fingerprint density at radius 1 is 1.12 bits per heavy atom. The standard InChI is InChI=1S/C28H35N3O/c1-2-28(17-13-25(32)29-18-14-21-9-4-3-5-10-21)16-8-19-31-20-15-23-22-11-6-7-12-24(22)30-26(23)27(28)31/h3-7,9-12,27,30H,2,8,13-20H2,1H3,(H,29,32)/t27-,28-/m1/s1. The van der Waals surface area contributed by atoms with Gasteiger partial charge in [0.2, 0.25) is 5.91 Å². The van der Waals surface area contributed by atoms with Gasteiger partial charge in [-0.05, 0) is 67.7 Å². The summed E-state index contributed by atoms with van der Waals surface area (Å²) >= 11 is 0. The molecule has 2 aliphatic rings. The molecule has 1 fully saturated rings. The molecule has 0 spiro atoms. The predicted molar refractivity (Wildman–Crippen MR) is 131 cm³/mol. The summed E-state index contributed by atoms with van der Waals surface area (Å²) in [4.78, 5) is 19.2. The summed E-state index contributed by atoms with van der Waals surface area (Å²) in [5.41, 5.74) is 5.62. The predicted octanol–water partition coefficient (Wildman–Crippen LogP) is 5.40. The van der Waals surface area contributed by atoms with Crippen molar-refractivity contribution in [2.24, 2.45) is 5.41 Å². The quantitative estimate of drug-likeness (QED) is 0.528. The third kappa shape index (κ3) is 3.97. The minimum Gasteiger partial charge on any atom is -0.357 e. The first-order valence-corrected chi connectivity index (χ1v) is 12.3. The second kappa shape index (κ2) is 9.11. The van der Waals surface area contributed by atoms with Crippen LogP contribution in [0.25, 0.3) is 10.9 Å². The number of aromatic amines is 1. The number of carbonyl (C=O) groups excluding carboxylic acids is 1. The van der Waals surface area contributed by atoms with E-state index in [1.165, 1.54) is 47.1 Å². The SMILES string of the molecule is CC[C@]1(CCC(=O)NCCc2ccccc2)CCCN2CCc3c([nH]c4ccccc34)[C@@H]21. The zero-order valence-electron chi connectivity index (χ0n) is 19.2. The van der Waals surface area contributed by atoms with E-state index in [9.17, 15) is 4.79 Å². The van der Waals surface area contributed by atoms with Gasteiger partial charge in [-0.1, -0.05) is 55.5 Å². The Labute approximate surface area is 191 Å². The maximum atomic E-state index is 12.7. The van der Waals surface area contributed by atoms with Gasteiger partial charge in [0.15, 0.2) is 0 Å². The first-order valence-electron chi connectivity index (χ1n) is 12.3. The van der Waals surface area contributed by atoms with Gasteiger partial charge in [0.25, 0.3) is 0 Å². The van der Waals surface area contributed by atoms with Crippen molar-refractivity contribution in [2.75, 3.05) is 19.6 Å². The lowest BCUT2D eigenvalue weighted by Gasteiger charge is -2.52. The van der Waals surface area contributed by atoms with Crippen LogP contribution in [0.5, 0.6) is 0 Å². The lowest BCUT2D eigenvalue weighted by atomic mass is 9.65. The molecule has 1 saturated heterocycles. The molecule has 2 atom stereocenters. The highest BCUT2D eigenvalue weighted by Gasteiger charge is 2.47. The Morgan fingerprint density at radius 3 is 2.78 bits per heavy atom. The molecule has 32 heavy (non-hydrogen) atoms. The second-order valence-corrected chi connectivity index (χ2v) is 9.66. The van der Waals surface area contributed by atoms with Crippen molar-refractivity contribution in [1.29, 1.82) is 0 Å². The zero-order valence-corrected chi connectivity index (χ0v) is 19.2. The van der Waals surface area contributed by atoms with Crippen molar-refractivity contribution >= 4 is 16.8 Å². The van der Waals surface area contributed by atoms with E-state index in [0.717, 1.165) is 32.2 Å². The van der Waals surface area contributed by atoms with Gasteiger partial charge in [-0.2, -0.15) is 0 Å². The summed E-state index contributed by atoms with van der Waals surface area (Å²) in [5.74, 6) is 0.193. The van der Waals surface area contributed by atoms with Crippen LogP contribution >= 0.6 is 0 Å². The number of fused-ring (bicyclic) bond motifs is 5. The van der Waals surface area contributed by atoms with Gasteiger partial charge < -0.3 is 10.3 Å². The van der Waals surface area contributed by atoms with E-state index in [0.29, 0.717) is 19.0 Å². The van der Waals surface area contributed by atoms with Gasteiger partial charge in [-0.25, -0.2) is 0 Å². The summed E-state index contributed by atoms with van der Waals surface area (Å²) in [6.07, 6.45) is 7.13. The number of piperidine rings is 1. The van der Waals surface area contributed by atoms with E-state index in [4.69, 9.17) is 0 Å². The Balaban J connectivity index is 1.30. The number of hydrogen-bond acceptors (Lipinski definition) is 2. The van der Waals surface area contributed by atoms with E-state index in [1.807, 2.05) is 6.07 Å². The number of carbonyl (C=O) groups is 1. The fourth-order valence-electron chi connectivity index (χ4n) is 6.25. The van der Waals surface area contributed by atoms with Crippen molar-refractivity contribution in [2.45, 2.75) is 57.9 Å². The Kier molecular flexibility index (Phi) is 6.05. The Morgan fingerprint density at radius 2 is 1.94 bits per heavy atom. The first kappa shape index (κ1) is 21.3. The lowest BCUT2D eigenvalue weighted by molar-refractivity contribution is -0.122. The fraction of sp³-hybridized carbons (Fsp3) is 0.464. The van der Waals surface area contributed by atoms with Crippen molar-refractivity contribution in [3.63, 3.8) is 0 Å². The Bertz CT molecular complexity index is 1070. The smallest absolute Gasteiger partial charge is 0.220 e. The van der Waals surface area contributed by atoms with Crippen LogP contribution in [-0.2, 0) is 17.6 Å². The molecule has 0 radical (unpaired) electrons. The van der Waals surface area contributed by atoms with Gasteiger partial charge in [0, 0.05) is 36.1 Å². The minimum absolute atomic E-state index is 0.158. The number of aromatic nitrogens is 1. The van der Waals surface area contributed by atoms with Crippen molar-refractivity contribution in [1.82, 2.24) is 15.2 Å². The van der Waals surface area contributed by atoms with Crippen molar-refractivity contribution in [3.05, 3.63) is 71.4 Å². The fourth-order valence-corrected chi connectivity index (χ4v) is 6.25. The van der Waals surface area contributed by atoms with Crippen LogP contribution in [0.3, 0.4) is 0 Å². The van der Waals surface area contributed by atoms with Gasteiger partial charge in [-0.15, -0.1) is 0 Å². The number of hydrogen-bond donors (Lipinski definition) is 2. The third-order valence-electron chi connectivity index (χ3n) is 7.97. The van der Waals surface area contributed by atoms with Gasteiger partial charge >= 0.3 is 0 Å². The van der Waals surface area contributed by atoms with Crippen LogP contribution in [0.1, 0.15) is 61.9 Å². The maximum absolute atomic E-state index is 12.7. The van der Waals surface area contributed by atoms with E-state index in [2.05, 4.69) is 70.7 Å². The topological polar surface area (TPSA) is 48.1 Å². The molecule has 0 unspecified atom stereocenters. The number of H-pyrrole nitrogens is 1. The van der Waals surface area contributed by atoms with Crippen LogP contribution in [-0.4, -0.2) is 35.4 Å². The number of benzene rings is 2. The molecule has 2 N–H and O–H groups in total. The molecule has 0 aliphatic carbocycles. The van der Waals surface area contributed by atoms with E-state index < -0.39 is 0 Å². The molecule has 5 rings (SSSR count). The largest absolute Gasteiger partial charge is 0.357 e. The highest BCUT2D eigenvalue weighted by atomic mass is 16.1. The second-order valence-electron chi connectivity index (χ2n) is 9.66. The lowest BCUT2D eigenvalue weighted by Crippen LogP contribution is -2.49. The van der Waals surface area contributed by atoms with E-state index in [-0.39, 0.29) is 11.3 Å². The van der Waals surface area contributed by atoms with Crippen LogP contribution < -0.4 is 5.32 Å². The molecule has 3 aromatic rings. The molecule has 1 amide bonds. The number of nitrogens with one attached hydrogen (secondary N) is 2. The van der Waals surface area contributed by atoms with E-state index in [1.54, 1.807) is 0 Å². The summed E-state index contributed by atoms with van der Waals surface area (Å²) < 4.78 is 0. The maximum Gasteiger partial charge on any atom is 0.220 e. The molecule has 4 heteroatoms. The monoisotopic (exact) mass is 429 g/mol. The van der Waals surface area contributed by atoms with Gasteiger partial charge in [0.05, 0.1) is 6.04 Å². The molecule has 0 bridgehead atoms. The first-order chi connectivity index (χ1) is 15.7. The molecule has 2 aromatic carbocycles. The highest BCUT2D eigenvalue weighted by Crippen LogP contribution is 2.53. The Hall–Kier alpha value is -2.59. The molecule has 4 nitrogen and oxygen atoms in total. The normalized spacial score (nSPS) is 23.0. The number of nitrogens with zero attached hydrogens (tertiary/aromatic N) is 1. The zero-order chi connectivity index (χ0) is 22.0. The van der Waals surface area contributed by atoms with Crippen LogP contribution in [0.2, 0.25) is 0 Å². The molecular weight excluding hydrogens is 394 g/mol. The highest BCUT2D eigenvalue weighted by molar-refractivity contribution is 5.85. The third-order valence-corrected chi connectivity index (χ3v) is 7.97. The average molecular weight is 430 g/mol. The van der Waals surface area contributed by atoms with Crippen molar-refractivity contribution in [3.8, 4) is 0 Å². The number of amides is 1. The molecule has 2 aliphatic heterocycles. The molecule has 3 heterocycles. The van der Waals surface area contributed by atoms with Crippen LogP contribution in [0.15, 0.2) is 54.6 Å².